The molecule has 2 aromatic heterocycles. The molecule has 10 heteroatoms. The number of halogens is 1. The number of hydrogen-bond donors (Lipinski definition) is 0. The van der Waals surface area contributed by atoms with Gasteiger partial charge < -0.3 is 4.42 Å². The minimum Gasteiger partial charge on any atom is -0.467 e. The Morgan fingerprint density at radius 2 is 1.94 bits per heavy atom. The van der Waals surface area contributed by atoms with E-state index < -0.39 is 0 Å². The predicted molar refractivity (Wildman–Crippen MR) is 127 cm³/mol. The van der Waals surface area contributed by atoms with Crippen LogP contribution in [-0.2, 0) is 4.79 Å². The van der Waals surface area contributed by atoms with Crippen LogP contribution < -0.4 is 0 Å². The van der Waals surface area contributed by atoms with Gasteiger partial charge in [0.05, 0.1) is 17.7 Å². The fourth-order valence-electron chi connectivity index (χ4n) is 2.95. The number of hydrazone groups is 1. The lowest BCUT2D eigenvalue weighted by atomic mass is 10.0. The van der Waals surface area contributed by atoms with E-state index in [4.69, 9.17) is 16.0 Å². The number of aromatic nitrogens is 2. The van der Waals surface area contributed by atoms with Gasteiger partial charge in [0.15, 0.2) is 8.68 Å². The molecule has 0 spiro atoms. The summed E-state index contributed by atoms with van der Waals surface area (Å²) < 4.78 is 7.22. The summed E-state index contributed by atoms with van der Waals surface area (Å²) in [4.78, 5) is 13.1. The third-order valence-electron chi connectivity index (χ3n) is 4.36. The summed E-state index contributed by atoms with van der Waals surface area (Å²) in [6.45, 7) is 5.87. The van der Waals surface area contributed by atoms with Gasteiger partial charge in [0.2, 0.25) is 0 Å². The molecule has 1 atom stereocenters. The number of furan rings is 1. The Morgan fingerprint density at radius 3 is 2.58 bits per heavy atom. The van der Waals surface area contributed by atoms with Crippen LogP contribution >= 0.6 is 46.5 Å². The summed E-state index contributed by atoms with van der Waals surface area (Å²) >= 11 is 10.5. The average molecular weight is 491 g/mol. The van der Waals surface area contributed by atoms with Gasteiger partial charge in [-0.1, -0.05) is 70.7 Å². The Bertz CT molecular complexity index is 1100. The van der Waals surface area contributed by atoms with Gasteiger partial charge in [0.25, 0.3) is 5.91 Å². The first-order valence-electron chi connectivity index (χ1n) is 9.42. The summed E-state index contributed by atoms with van der Waals surface area (Å²) in [5, 5.41) is 15.2. The van der Waals surface area contributed by atoms with Crippen molar-refractivity contribution in [3.05, 3.63) is 71.2 Å². The van der Waals surface area contributed by atoms with Crippen LogP contribution in [0.25, 0.3) is 0 Å². The Hall–Kier alpha value is -2.07. The second-order valence-electron chi connectivity index (χ2n) is 6.90. The van der Waals surface area contributed by atoms with Gasteiger partial charge in [-0.15, -0.1) is 10.2 Å². The molecule has 0 unspecified atom stereocenters. The molecule has 0 N–H and O–H groups in total. The monoisotopic (exact) mass is 490 g/mol. The maximum absolute atomic E-state index is 13.1. The molecule has 0 radical (unpaired) electrons. The summed E-state index contributed by atoms with van der Waals surface area (Å²) in [5.74, 6) is 1.62. The largest absolute Gasteiger partial charge is 0.467 e. The molecule has 0 saturated heterocycles. The summed E-state index contributed by atoms with van der Waals surface area (Å²) in [7, 11) is 0. The van der Waals surface area contributed by atoms with Gasteiger partial charge >= 0.3 is 0 Å². The molecular weight excluding hydrogens is 472 g/mol. The first-order valence-corrected chi connectivity index (χ1v) is 12.6. The van der Waals surface area contributed by atoms with E-state index in [1.54, 1.807) is 18.0 Å². The van der Waals surface area contributed by atoms with Gasteiger partial charge in [0.1, 0.15) is 11.8 Å². The third-order valence-corrected chi connectivity index (χ3v) is 8.02. The Labute approximate surface area is 197 Å². The van der Waals surface area contributed by atoms with Crippen LogP contribution in [0.5, 0.6) is 0 Å². The van der Waals surface area contributed by atoms with E-state index in [0.29, 0.717) is 17.2 Å². The molecule has 3 heterocycles. The Balaban J connectivity index is 1.46. The van der Waals surface area contributed by atoms with Crippen LogP contribution in [0, 0.1) is 0 Å². The van der Waals surface area contributed by atoms with Crippen LogP contribution in [0.1, 0.15) is 30.7 Å². The maximum atomic E-state index is 13.1. The van der Waals surface area contributed by atoms with Crippen LogP contribution in [0.4, 0.5) is 0 Å². The van der Waals surface area contributed by atoms with E-state index in [1.165, 1.54) is 28.1 Å². The minimum atomic E-state index is -0.273. The molecule has 6 nitrogen and oxygen atoms in total. The number of thioether (sulfide) groups is 2. The second-order valence-corrected chi connectivity index (χ2v) is 10.8. The van der Waals surface area contributed by atoms with Crippen molar-refractivity contribution < 1.29 is 9.21 Å². The van der Waals surface area contributed by atoms with Gasteiger partial charge in [-0.25, -0.2) is 5.01 Å². The smallest absolute Gasteiger partial charge is 0.253 e. The molecule has 1 amide bonds. The zero-order chi connectivity index (χ0) is 21.8. The Kier molecular flexibility index (Phi) is 7.16. The molecule has 1 aliphatic heterocycles. The van der Waals surface area contributed by atoms with E-state index in [1.807, 2.05) is 43.3 Å². The molecule has 31 heavy (non-hydrogen) atoms. The van der Waals surface area contributed by atoms with Crippen molar-refractivity contribution in [1.29, 1.82) is 0 Å². The molecule has 1 aliphatic rings. The SMILES string of the molecule is C=C(C)CSc1nnc(SCC(=O)N2N=C(c3ccc(Cl)cc3)C[C@H]2c2ccco2)s1. The van der Waals surface area contributed by atoms with E-state index in [9.17, 15) is 4.79 Å². The molecule has 4 rings (SSSR count). The van der Waals surface area contributed by atoms with Crippen molar-refractivity contribution in [2.45, 2.75) is 28.1 Å². The summed E-state index contributed by atoms with van der Waals surface area (Å²) in [5.41, 5.74) is 2.84. The van der Waals surface area contributed by atoms with Crippen LogP contribution in [0.15, 0.2) is 73.0 Å². The maximum Gasteiger partial charge on any atom is 0.253 e. The number of hydrogen-bond acceptors (Lipinski definition) is 8. The number of benzene rings is 1. The van der Waals surface area contributed by atoms with Gasteiger partial charge in [-0.3, -0.25) is 4.79 Å². The average Bonchev–Trinajstić information content (AvgIpc) is 3.51. The number of nitrogens with zero attached hydrogens (tertiary/aromatic N) is 4. The third kappa shape index (κ3) is 5.60. The van der Waals surface area contributed by atoms with Crippen molar-refractivity contribution in [3.63, 3.8) is 0 Å². The standard InChI is InChI=1S/C21H19ClN4O2S3/c1-13(2)11-29-20-23-24-21(31-20)30-12-19(27)26-17(18-4-3-9-28-18)10-16(25-26)14-5-7-15(22)8-6-14/h3-9,17H,1,10-12H2,2H3/t17-/m0/s1. The van der Waals surface area contributed by atoms with Crippen LogP contribution in [0.3, 0.4) is 0 Å². The quantitative estimate of drug-likeness (QED) is 0.288. The molecular formula is C21H19ClN4O2S3. The van der Waals surface area contributed by atoms with E-state index in [2.05, 4.69) is 21.9 Å². The number of carbonyl (C=O) groups excluding carboxylic acids is 1. The second kappa shape index (κ2) is 10.0. The topological polar surface area (TPSA) is 71.6 Å². The van der Waals surface area contributed by atoms with Crippen molar-refractivity contribution in [1.82, 2.24) is 15.2 Å². The zero-order valence-electron chi connectivity index (χ0n) is 16.7. The first kappa shape index (κ1) is 22.1. The van der Waals surface area contributed by atoms with Crippen molar-refractivity contribution in [2.75, 3.05) is 11.5 Å². The number of carbonyl (C=O) groups is 1. The predicted octanol–water partition coefficient (Wildman–Crippen LogP) is 5.92. The molecule has 160 valence electrons. The van der Waals surface area contributed by atoms with E-state index >= 15 is 0 Å². The molecule has 0 fully saturated rings. The Morgan fingerprint density at radius 1 is 1.23 bits per heavy atom. The fourth-order valence-corrected chi connectivity index (χ4v) is 5.79. The van der Waals surface area contributed by atoms with Crippen molar-refractivity contribution in [3.8, 4) is 0 Å². The van der Waals surface area contributed by atoms with E-state index in [-0.39, 0.29) is 17.7 Å². The van der Waals surface area contributed by atoms with Crippen LogP contribution in [0.2, 0.25) is 5.02 Å². The molecule has 0 bridgehead atoms. The highest BCUT2D eigenvalue weighted by atomic mass is 35.5. The zero-order valence-corrected chi connectivity index (χ0v) is 19.9. The normalized spacial score (nSPS) is 15.9. The highest BCUT2D eigenvalue weighted by Gasteiger charge is 2.34. The molecule has 0 saturated carbocycles. The summed E-state index contributed by atoms with van der Waals surface area (Å²) in [6, 6.07) is 10.9. The lowest BCUT2D eigenvalue weighted by Gasteiger charge is -2.19. The number of amides is 1. The van der Waals surface area contributed by atoms with Crippen molar-refractivity contribution in [2.24, 2.45) is 5.10 Å². The highest BCUT2D eigenvalue weighted by Crippen LogP contribution is 2.35. The highest BCUT2D eigenvalue weighted by molar-refractivity contribution is 8.03. The van der Waals surface area contributed by atoms with Crippen molar-refractivity contribution >= 4 is 58.1 Å². The van der Waals surface area contributed by atoms with E-state index in [0.717, 1.165) is 31.3 Å². The molecule has 3 aromatic rings. The fraction of sp³-hybridized carbons (Fsp3) is 0.238. The lowest BCUT2D eigenvalue weighted by molar-refractivity contribution is -0.130. The number of rotatable bonds is 8. The summed E-state index contributed by atoms with van der Waals surface area (Å²) in [6.07, 6.45) is 2.18. The van der Waals surface area contributed by atoms with Gasteiger partial charge in [-0.05, 0) is 36.8 Å². The molecule has 1 aromatic carbocycles. The van der Waals surface area contributed by atoms with Gasteiger partial charge in [-0.2, -0.15) is 5.10 Å². The minimum absolute atomic E-state index is 0.110. The lowest BCUT2D eigenvalue weighted by Crippen LogP contribution is -2.28. The van der Waals surface area contributed by atoms with Gasteiger partial charge in [0, 0.05) is 17.2 Å². The molecule has 0 aliphatic carbocycles. The first-order chi connectivity index (χ1) is 15.0. The van der Waals surface area contributed by atoms with Crippen LogP contribution in [-0.4, -0.2) is 38.3 Å².